The molecule has 2 aromatic heterocycles. The number of nitrogens with one attached hydrogen (secondary N) is 1. The van der Waals surface area contributed by atoms with Crippen LogP contribution in [0, 0.1) is 19.3 Å². The number of aryl methyl sites for hydroxylation is 1. The molecule has 0 saturated carbocycles. The second-order valence-electron chi connectivity index (χ2n) is 7.76. The molecule has 5 nitrogen and oxygen atoms in total. The smallest absolute Gasteiger partial charge is 0.341 e. The first-order valence-corrected chi connectivity index (χ1v) is 9.91. The maximum absolute atomic E-state index is 12.9. The molecule has 0 bridgehead atoms. The fraction of sp³-hybridized carbons (Fsp3) is 0.318. The second-order valence-corrected chi connectivity index (χ2v) is 8.98. The van der Waals surface area contributed by atoms with E-state index < -0.39 is 11.4 Å². The number of benzene rings is 1. The fourth-order valence-corrected chi connectivity index (χ4v) is 3.79. The number of hydrogen-bond donors (Lipinski definition) is 1. The van der Waals surface area contributed by atoms with Gasteiger partial charge in [-0.1, -0.05) is 45.0 Å². The standard InChI is InChI=1S/C22H24N2O3S/c1-13-14(2)28-19(24-21(26)22(3,4)5)17(13)20(25)27-12-16-9-6-8-15-10-7-11-23-18(15)16/h6-11H,12H2,1-5H3,(H,24,26). The fourth-order valence-electron chi connectivity index (χ4n) is 2.75. The zero-order chi connectivity index (χ0) is 20.5. The van der Waals surface area contributed by atoms with Gasteiger partial charge in [-0.2, -0.15) is 0 Å². The van der Waals surface area contributed by atoms with E-state index >= 15 is 0 Å². The number of pyridine rings is 1. The van der Waals surface area contributed by atoms with Gasteiger partial charge < -0.3 is 10.1 Å². The van der Waals surface area contributed by atoms with E-state index in [0.717, 1.165) is 26.9 Å². The van der Waals surface area contributed by atoms with Crippen LogP contribution in [0.2, 0.25) is 0 Å². The third-order valence-electron chi connectivity index (χ3n) is 4.57. The van der Waals surface area contributed by atoms with Crippen LogP contribution in [0.4, 0.5) is 5.00 Å². The van der Waals surface area contributed by atoms with Gasteiger partial charge >= 0.3 is 5.97 Å². The summed E-state index contributed by atoms with van der Waals surface area (Å²) in [6.45, 7) is 9.42. The van der Waals surface area contributed by atoms with E-state index in [4.69, 9.17) is 4.74 Å². The maximum Gasteiger partial charge on any atom is 0.341 e. The minimum atomic E-state index is -0.554. The minimum Gasteiger partial charge on any atom is -0.457 e. The predicted octanol–water partition coefficient (Wildman–Crippen LogP) is 5.25. The van der Waals surface area contributed by atoms with E-state index in [2.05, 4.69) is 10.3 Å². The van der Waals surface area contributed by atoms with E-state index in [0.29, 0.717) is 10.6 Å². The number of rotatable bonds is 4. The Bertz CT molecular complexity index is 1040. The topological polar surface area (TPSA) is 68.3 Å². The number of thiophene rings is 1. The molecular weight excluding hydrogens is 372 g/mol. The average molecular weight is 397 g/mol. The van der Waals surface area contributed by atoms with Gasteiger partial charge in [0.25, 0.3) is 0 Å². The Morgan fingerprint density at radius 1 is 1.14 bits per heavy atom. The van der Waals surface area contributed by atoms with Crippen molar-refractivity contribution in [1.29, 1.82) is 0 Å². The summed E-state index contributed by atoms with van der Waals surface area (Å²) >= 11 is 1.39. The van der Waals surface area contributed by atoms with Crippen LogP contribution in [0.25, 0.3) is 10.9 Å². The van der Waals surface area contributed by atoms with Crippen molar-refractivity contribution in [3.05, 3.63) is 58.1 Å². The second kappa shape index (κ2) is 7.72. The molecule has 146 valence electrons. The quantitative estimate of drug-likeness (QED) is 0.611. The highest BCUT2D eigenvalue weighted by Gasteiger charge is 2.27. The lowest BCUT2D eigenvalue weighted by Gasteiger charge is -2.17. The van der Waals surface area contributed by atoms with Gasteiger partial charge in [-0.3, -0.25) is 9.78 Å². The molecule has 1 aromatic carbocycles. The molecule has 3 aromatic rings. The number of para-hydroxylation sites is 1. The monoisotopic (exact) mass is 396 g/mol. The number of ether oxygens (including phenoxy) is 1. The maximum atomic E-state index is 12.9. The normalized spacial score (nSPS) is 11.5. The highest BCUT2D eigenvalue weighted by molar-refractivity contribution is 7.16. The van der Waals surface area contributed by atoms with Crippen molar-refractivity contribution < 1.29 is 14.3 Å². The predicted molar refractivity (Wildman–Crippen MR) is 113 cm³/mol. The summed E-state index contributed by atoms with van der Waals surface area (Å²) in [6, 6.07) is 9.64. The van der Waals surface area contributed by atoms with Gasteiger partial charge in [-0.25, -0.2) is 4.79 Å². The number of carbonyl (C=O) groups excluding carboxylic acids is 2. The number of amides is 1. The number of hydrogen-bond acceptors (Lipinski definition) is 5. The SMILES string of the molecule is Cc1sc(NC(=O)C(C)(C)C)c(C(=O)OCc2cccc3cccnc23)c1C. The summed E-state index contributed by atoms with van der Waals surface area (Å²) in [6.07, 6.45) is 1.72. The highest BCUT2D eigenvalue weighted by Crippen LogP contribution is 2.34. The number of nitrogens with zero attached hydrogens (tertiary/aromatic N) is 1. The third kappa shape index (κ3) is 4.07. The Morgan fingerprint density at radius 2 is 1.86 bits per heavy atom. The summed E-state index contributed by atoms with van der Waals surface area (Å²) in [5.41, 5.74) is 2.36. The Kier molecular flexibility index (Phi) is 5.52. The zero-order valence-electron chi connectivity index (χ0n) is 16.8. The van der Waals surface area contributed by atoms with Gasteiger partial charge in [0, 0.05) is 27.4 Å². The van der Waals surface area contributed by atoms with Crippen LogP contribution < -0.4 is 5.32 Å². The van der Waals surface area contributed by atoms with Gasteiger partial charge in [0.2, 0.25) is 5.91 Å². The summed E-state index contributed by atoms with van der Waals surface area (Å²) in [4.78, 5) is 30.6. The van der Waals surface area contributed by atoms with Gasteiger partial charge in [0.1, 0.15) is 11.6 Å². The van der Waals surface area contributed by atoms with Crippen LogP contribution >= 0.6 is 11.3 Å². The van der Waals surface area contributed by atoms with Crippen molar-refractivity contribution in [2.75, 3.05) is 5.32 Å². The molecule has 0 saturated heterocycles. The van der Waals surface area contributed by atoms with Crippen molar-refractivity contribution in [1.82, 2.24) is 4.98 Å². The number of fused-ring (bicyclic) bond motifs is 1. The molecule has 0 radical (unpaired) electrons. The van der Waals surface area contributed by atoms with Crippen LogP contribution in [-0.2, 0) is 16.1 Å². The molecule has 1 amide bonds. The average Bonchev–Trinajstić information content (AvgIpc) is 2.92. The van der Waals surface area contributed by atoms with E-state index in [-0.39, 0.29) is 12.5 Å². The summed E-state index contributed by atoms with van der Waals surface area (Å²) in [5.74, 6) is -0.583. The molecule has 2 heterocycles. The Hall–Kier alpha value is -2.73. The van der Waals surface area contributed by atoms with E-state index in [9.17, 15) is 9.59 Å². The van der Waals surface area contributed by atoms with Gasteiger partial charge in [0.05, 0.1) is 11.1 Å². The molecule has 0 aliphatic heterocycles. The molecule has 0 aliphatic carbocycles. The van der Waals surface area contributed by atoms with Crippen molar-refractivity contribution >= 4 is 39.1 Å². The van der Waals surface area contributed by atoms with E-state index in [1.165, 1.54) is 11.3 Å². The third-order valence-corrected chi connectivity index (χ3v) is 5.70. The number of anilines is 1. The first-order chi connectivity index (χ1) is 13.2. The van der Waals surface area contributed by atoms with Crippen molar-refractivity contribution in [2.45, 2.75) is 41.2 Å². The molecule has 0 aliphatic rings. The molecule has 0 unspecified atom stereocenters. The summed E-state index contributed by atoms with van der Waals surface area (Å²) in [7, 11) is 0. The summed E-state index contributed by atoms with van der Waals surface area (Å²) in [5, 5.41) is 4.42. The number of esters is 1. The molecule has 0 spiro atoms. The van der Waals surface area contributed by atoms with Gasteiger partial charge in [-0.15, -0.1) is 11.3 Å². The first-order valence-electron chi connectivity index (χ1n) is 9.09. The van der Waals surface area contributed by atoms with Crippen LogP contribution in [0.5, 0.6) is 0 Å². The zero-order valence-corrected chi connectivity index (χ0v) is 17.6. The molecule has 0 atom stereocenters. The molecule has 1 N–H and O–H groups in total. The number of carbonyl (C=O) groups is 2. The Labute approximate surface area is 168 Å². The molecule has 3 rings (SSSR count). The lowest BCUT2D eigenvalue weighted by Crippen LogP contribution is -2.28. The van der Waals surface area contributed by atoms with Crippen molar-refractivity contribution in [3.8, 4) is 0 Å². The van der Waals surface area contributed by atoms with Crippen LogP contribution in [0.3, 0.4) is 0 Å². The molecule has 28 heavy (non-hydrogen) atoms. The van der Waals surface area contributed by atoms with Crippen molar-refractivity contribution in [2.24, 2.45) is 5.41 Å². The minimum absolute atomic E-state index is 0.119. The number of aromatic nitrogens is 1. The summed E-state index contributed by atoms with van der Waals surface area (Å²) < 4.78 is 5.60. The lowest BCUT2D eigenvalue weighted by molar-refractivity contribution is -0.123. The highest BCUT2D eigenvalue weighted by atomic mass is 32.1. The van der Waals surface area contributed by atoms with E-state index in [1.54, 1.807) is 6.20 Å². The van der Waals surface area contributed by atoms with Crippen LogP contribution in [-0.4, -0.2) is 16.9 Å². The van der Waals surface area contributed by atoms with Gasteiger partial charge in [-0.05, 0) is 25.5 Å². The Balaban J connectivity index is 1.83. The molecular formula is C22H24N2O3S. The van der Waals surface area contributed by atoms with Crippen molar-refractivity contribution in [3.63, 3.8) is 0 Å². The first kappa shape index (κ1) is 20.0. The lowest BCUT2D eigenvalue weighted by atomic mass is 9.96. The van der Waals surface area contributed by atoms with Gasteiger partial charge in [0.15, 0.2) is 0 Å². The Morgan fingerprint density at radius 3 is 2.57 bits per heavy atom. The van der Waals surface area contributed by atoms with E-state index in [1.807, 2.05) is 65.0 Å². The molecule has 0 fully saturated rings. The molecule has 6 heteroatoms. The van der Waals surface area contributed by atoms with Crippen LogP contribution in [0.1, 0.15) is 47.1 Å². The van der Waals surface area contributed by atoms with Crippen LogP contribution in [0.15, 0.2) is 36.5 Å². The largest absolute Gasteiger partial charge is 0.457 e.